The predicted octanol–water partition coefficient (Wildman–Crippen LogP) is 2.73. The van der Waals surface area contributed by atoms with E-state index in [1.165, 1.54) is 0 Å². The molecule has 1 unspecified atom stereocenters. The van der Waals surface area contributed by atoms with E-state index in [0.717, 1.165) is 31.0 Å². The van der Waals surface area contributed by atoms with Crippen molar-refractivity contribution in [3.8, 4) is 18.2 Å². The molecule has 0 rings (SSSR count). The summed E-state index contributed by atoms with van der Waals surface area (Å²) in [6.07, 6.45) is 4.75. The van der Waals surface area contributed by atoms with Crippen LogP contribution in [-0.4, -0.2) is 5.33 Å². The number of nitrogens with two attached hydrogens (primary N) is 1. The number of rotatable bonds is 7. The van der Waals surface area contributed by atoms with Crippen molar-refractivity contribution in [1.29, 1.82) is 15.8 Å². The first-order valence-corrected chi connectivity index (χ1v) is 6.58. The molecular weight excluding hydrogens is 280 g/mol. The maximum Gasteiger partial charge on any atom is 0.149 e. The number of unbranched alkanes of at least 4 members (excludes halogenated alkanes) is 3. The summed E-state index contributed by atoms with van der Waals surface area (Å²) in [6, 6.07) is 5.47. The van der Waals surface area contributed by atoms with Gasteiger partial charge in [0.05, 0.1) is 17.7 Å². The largest absolute Gasteiger partial charge is 0.399 e. The maximum atomic E-state index is 8.95. The Bertz CT molecular complexity index is 365. The van der Waals surface area contributed by atoms with Gasteiger partial charge in [0.2, 0.25) is 0 Å². The highest BCUT2D eigenvalue weighted by atomic mass is 79.9. The summed E-state index contributed by atoms with van der Waals surface area (Å²) < 4.78 is 0. The van der Waals surface area contributed by atoms with Gasteiger partial charge in [-0.25, -0.2) is 0 Å². The van der Waals surface area contributed by atoms with E-state index in [1.807, 2.05) is 6.07 Å². The molecule has 0 aliphatic carbocycles. The highest BCUT2D eigenvalue weighted by Crippen LogP contribution is 2.17. The zero-order chi connectivity index (χ0) is 13.1. The molecule has 0 aromatic heterocycles. The van der Waals surface area contributed by atoms with Crippen molar-refractivity contribution in [2.75, 3.05) is 5.33 Å². The molecule has 0 saturated heterocycles. The summed E-state index contributed by atoms with van der Waals surface area (Å²) >= 11 is 3.35. The lowest BCUT2D eigenvalue weighted by Crippen LogP contribution is -2.12. The molecule has 0 aromatic carbocycles. The molecule has 0 fully saturated rings. The fraction of sp³-hybridized carbons (Fsp3) is 0.583. The minimum Gasteiger partial charge on any atom is -0.399 e. The Balaban J connectivity index is 4.28. The van der Waals surface area contributed by atoms with Crippen molar-refractivity contribution in [2.24, 2.45) is 11.7 Å². The Kier molecular flexibility index (Phi) is 8.84. The molecule has 2 N–H and O–H groups in total. The van der Waals surface area contributed by atoms with Gasteiger partial charge in [-0.3, -0.25) is 0 Å². The second kappa shape index (κ2) is 9.70. The zero-order valence-corrected chi connectivity index (χ0v) is 11.2. The van der Waals surface area contributed by atoms with Crippen LogP contribution in [0.3, 0.4) is 0 Å². The van der Waals surface area contributed by atoms with E-state index in [9.17, 15) is 0 Å². The van der Waals surface area contributed by atoms with E-state index in [-0.39, 0.29) is 11.3 Å². The first-order chi connectivity index (χ1) is 8.21. The van der Waals surface area contributed by atoms with Crippen LogP contribution in [0.25, 0.3) is 0 Å². The van der Waals surface area contributed by atoms with E-state index in [0.29, 0.717) is 6.42 Å². The molecule has 0 radical (unpaired) electrons. The average molecular weight is 295 g/mol. The Morgan fingerprint density at radius 3 is 2.12 bits per heavy atom. The third-order valence-electron chi connectivity index (χ3n) is 2.42. The molecular formula is C12H15BrN4. The Labute approximate surface area is 110 Å². The molecule has 0 saturated carbocycles. The third kappa shape index (κ3) is 5.95. The lowest BCUT2D eigenvalue weighted by molar-refractivity contribution is 0.579. The van der Waals surface area contributed by atoms with Gasteiger partial charge in [-0.05, 0) is 12.8 Å². The number of alkyl halides is 1. The lowest BCUT2D eigenvalue weighted by atomic mass is 9.96. The molecule has 0 aromatic rings. The lowest BCUT2D eigenvalue weighted by Gasteiger charge is -2.08. The van der Waals surface area contributed by atoms with Crippen LogP contribution < -0.4 is 5.73 Å². The molecule has 0 aliphatic heterocycles. The third-order valence-corrected chi connectivity index (χ3v) is 2.98. The Hall–Kier alpha value is -1.51. The van der Waals surface area contributed by atoms with Crippen molar-refractivity contribution < 1.29 is 0 Å². The fourth-order valence-corrected chi connectivity index (χ4v) is 1.81. The quantitative estimate of drug-likeness (QED) is 0.443. The summed E-state index contributed by atoms with van der Waals surface area (Å²) in [7, 11) is 0. The van der Waals surface area contributed by atoms with E-state index in [2.05, 4.69) is 15.9 Å². The van der Waals surface area contributed by atoms with Crippen LogP contribution in [0, 0.1) is 39.9 Å². The number of nitriles is 3. The average Bonchev–Trinajstić information content (AvgIpc) is 2.35. The monoisotopic (exact) mass is 294 g/mol. The van der Waals surface area contributed by atoms with E-state index in [4.69, 9.17) is 21.5 Å². The Morgan fingerprint density at radius 1 is 1.06 bits per heavy atom. The molecule has 4 nitrogen and oxygen atoms in total. The molecule has 90 valence electrons. The maximum absolute atomic E-state index is 8.95. The molecule has 1 atom stereocenters. The van der Waals surface area contributed by atoms with Gasteiger partial charge < -0.3 is 5.73 Å². The minimum atomic E-state index is -0.520. The topological polar surface area (TPSA) is 97.4 Å². The highest BCUT2D eigenvalue weighted by Gasteiger charge is 2.14. The van der Waals surface area contributed by atoms with Crippen LogP contribution in [0.4, 0.5) is 0 Å². The number of nitrogens with zero attached hydrogens (tertiary/aromatic N) is 3. The summed E-state index contributed by atoms with van der Waals surface area (Å²) in [5.74, 6) is -0.520. The smallest absolute Gasteiger partial charge is 0.149 e. The van der Waals surface area contributed by atoms with E-state index in [1.54, 1.807) is 12.1 Å². The van der Waals surface area contributed by atoms with Crippen molar-refractivity contribution in [3.05, 3.63) is 11.3 Å². The minimum absolute atomic E-state index is 0.109. The zero-order valence-electron chi connectivity index (χ0n) is 9.62. The van der Waals surface area contributed by atoms with Crippen LogP contribution in [-0.2, 0) is 0 Å². The van der Waals surface area contributed by atoms with Crippen LogP contribution >= 0.6 is 15.9 Å². The summed E-state index contributed by atoms with van der Waals surface area (Å²) in [5.41, 5.74) is 5.61. The highest BCUT2D eigenvalue weighted by molar-refractivity contribution is 9.09. The molecule has 0 spiro atoms. The molecule has 0 bridgehead atoms. The summed E-state index contributed by atoms with van der Waals surface area (Å²) in [5, 5.41) is 27.3. The van der Waals surface area contributed by atoms with Crippen LogP contribution in [0.15, 0.2) is 11.3 Å². The molecule has 0 amide bonds. The number of hydrogen-bond donors (Lipinski definition) is 1. The van der Waals surface area contributed by atoms with Crippen molar-refractivity contribution in [3.63, 3.8) is 0 Å². The van der Waals surface area contributed by atoms with Gasteiger partial charge in [0.1, 0.15) is 17.7 Å². The van der Waals surface area contributed by atoms with Crippen molar-refractivity contribution >= 4 is 15.9 Å². The van der Waals surface area contributed by atoms with Gasteiger partial charge in [0, 0.05) is 5.33 Å². The van der Waals surface area contributed by atoms with Gasteiger partial charge in [0.15, 0.2) is 0 Å². The molecule has 0 heterocycles. The van der Waals surface area contributed by atoms with Crippen LogP contribution in [0.5, 0.6) is 0 Å². The van der Waals surface area contributed by atoms with Crippen molar-refractivity contribution in [1.82, 2.24) is 0 Å². The number of hydrogen-bond acceptors (Lipinski definition) is 4. The first kappa shape index (κ1) is 15.5. The second-order valence-corrected chi connectivity index (χ2v) is 4.42. The number of allylic oxidation sites excluding steroid dienone is 2. The standard InChI is InChI=1S/C12H15BrN4/c13-6-4-2-1-3-5-10(7-14)12(17)11(8-15)9-16/h10H,1-6,17H2. The first-order valence-electron chi connectivity index (χ1n) is 5.46. The molecule has 17 heavy (non-hydrogen) atoms. The summed E-state index contributed by atoms with van der Waals surface area (Å²) in [6.45, 7) is 0. The summed E-state index contributed by atoms with van der Waals surface area (Å²) in [4.78, 5) is 0. The van der Waals surface area contributed by atoms with E-state index < -0.39 is 5.92 Å². The second-order valence-electron chi connectivity index (χ2n) is 3.63. The molecule has 0 aliphatic rings. The van der Waals surface area contributed by atoms with E-state index >= 15 is 0 Å². The van der Waals surface area contributed by atoms with Crippen molar-refractivity contribution in [2.45, 2.75) is 32.1 Å². The predicted molar refractivity (Wildman–Crippen MR) is 68.4 cm³/mol. The SMILES string of the molecule is N#CC(C#N)=C(N)C(C#N)CCCCCCBr. The van der Waals surface area contributed by atoms with Gasteiger partial charge in [-0.2, -0.15) is 15.8 Å². The number of halogens is 1. The Morgan fingerprint density at radius 2 is 1.65 bits per heavy atom. The fourth-order valence-electron chi connectivity index (χ4n) is 1.41. The normalized spacial score (nSPS) is 10.7. The van der Waals surface area contributed by atoms with Gasteiger partial charge >= 0.3 is 0 Å². The van der Waals surface area contributed by atoms with Crippen LogP contribution in [0.2, 0.25) is 0 Å². The van der Waals surface area contributed by atoms with Crippen LogP contribution in [0.1, 0.15) is 32.1 Å². The molecule has 5 heteroatoms. The van der Waals surface area contributed by atoms with Gasteiger partial charge in [-0.1, -0.05) is 35.2 Å². The van der Waals surface area contributed by atoms with Gasteiger partial charge in [0.25, 0.3) is 0 Å². The van der Waals surface area contributed by atoms with Gasteiger partial charge in [-0.15, -0.1) is 0 Å².